The van der Waals surface area contributed by atoms with Gasteiger partial charge in [-0.3, -0.25) is 10.1 Å². The third-order valence-corrected chi connectivity index (χ3v) is 2.88. The van der Waals surface area contributed by atoms with E-state index in [0.29, 0.717) is 12.4 Å². The number of aromatic nitrogens is 1. The maximum absolute atomic E-state index is 10.8. The molecule has 10 heteroatoms. The van der Waals surface area contributed by atoms with Crippen molar-refractivity contribution in [2.45, 2.75) is 6.92 Å². The van der Waals surface area contributed by atoms with Gasteiger partial charge in [0.25, 0.3) is 0 Å². The lowest BCUT2D eigenvalue weighted by molar-refractivity contribution is -0.384. The highest BCUT2D eigenvalue weighted by Crippen LogP contribution is 2.23. The lowest BCUT2D eigenvalue weighted by atomic mass is 10.3. The summed E-state index contributed by atoms with van der Waals surface area (Å²) in [6, 6.07) is 2.77. The van der Waals surface area contributed by atoms with Crippen LogP contribution in [0.15, 0.2) is 12.1 Å². The number of rotatable bonds is 7. The number of nitrogens with one attached hydrogen (secondary N) is 2. The summed E-state index contributed by atoms with van der Waals surface area (Å²) in [7, 11) is -3.62. The van der Waals surface area contributed by atoms with Crippen molar-refractivity contribution in [1.82, 2.24) is 4.98 Å². The van der Waals surface area contributed by atoms with E-state index in [4.69, 9.17) is 5.14 Å². The number of pyridine rings is 1. The van der Waals surface area contributed by atoms with E-state index in [1.54, 1.807) is 0 Å². The molecule has 0 aromatic carbocycles. The third kappa shape index (κ3) is 5.06. The van der Waals surface area contributed by atoms with Crippen molar-refractivity contribution in [1.29, 1.82) is 0 Å². The third-order valence-electron chi connectivity index (χ3n) is 2.11. The summed E-state index contributed by atoms with van der Waals surface area (Å²) in [5.74, 6) is 0.135. The summed E-state index contributed by atoms with van der Waals surface area (Å²) < 4.78 is 21.6. The van der Waals surface area contributed by atoms with E-state index in [0.717, 1.165) is 0 Å². The van der Waals surface area contributed by atoms with Gasteiger partial charge in [0.05, 0.1) is 10.7 Å². The van der Waals surface area contributed by atoms with Crippen LogP contribution in [0.1, 0.15) is 6.92 Å². The normalized spacial score (nSPS) is 11.1. The quantitative estimate of drug-likeness (QED) is 0.478. The fourth-order valence-corrected chi connectivity index (χ4v) is 1.71. The second-order valence-corrected chi connectivity index (χ2v) is 5.38. The largest absolute Gasteiger partial charge is 0.370 e. The van der Waals surface area contributed by atoms with Crippen molar-refractivity contribution in [3.05, 3.63) is 22.2 Å². The van der Waals surface area contributed by atoms with E-state index in [1.165, 1.54) is 12.1 Å². The van der Waals surface area contributed by atoms with E-state index >= 15 is 0 Å². The molecular weight excluding hydrogens is 274 g/mol. The van der Waals surface area contributed by atoms with Crippen molar-refractivity contribution < 1.29 is 13.3 Å². The summed E-state index contributed by atoms with van der Waals surface area (Å²) in [5.41, 5.74) is -0.226. The summed E-state index contributed by atoms with van der Waals surface area (Å²) in [6.07, 6.45) is 0. The zero-order chi connectivity index (χ0) is 14.5. The monoisotopic (exact) mass is 289 g/mol. The fraction of sp³-hybridized carbons (Fsp3) is 0.444. The van der Waals surface area contributed by atoms with E-state index in [9.17, 15) is 18.5 Å². The molecule has 0 unspecified atom stereocenters. The van der Waals surface area contributed by atoms with Crippen LogP contribution in [0.2, 0.25) is 0 Å². The van der Waals surface area contributed by atoms with Gasteiger partial charge in [-0.05, 0) is 13.0 Å². The fourth-order valence-electron chi connectivity index (χ4n) is 1.32. The molecule has 0 saturated heterocycles. The molecule has 0 fully saturated rings. The summed E-state index contributed by atoms with van der Waals surface area (Å²) in [5, 5.41) is 21.2. The molecule has 0 radical (unpaired) electrons. The van der Waals surface area contributed by atoms with Gasteiger partial charge in [-0.25, -0.2) is 18.5 Å². The summed E-state index contributed by atoms with van der Waals surface area (Å²) >= 11 is 0. The second kappa shape index (κ2) is 6.29. The zero-order valence-corrected chi connectivity index (χ0v) is 11.1. The van der Waals surface area contributed by atoms with Gasteiger partial charge in [-0.2, -0.15) is 0 Å². The maximum atomic E-state index is 10.8. The lowest BCUT2D eigenvalue weighted by Gasteiger charge is -2.08. The predicted molar refractivity (Wildman–Crippen MR) is 71.5 cm³/mol. The lowest BCUT2D eigenvalue weighted by Crippen LogP contribution is -2.23. The van der Waals surface area contributed by atoms with Crippen LogP contribution < -0.4 is 15.8 Å². The molecule has 19 heavy (non-hydrogen) atoms. The Morgan fingerprint density at radius 3 is 2.63 bits per heavy atom. The van der Waals surface area contributed by atoms with Gasteiger partial charge in [0.1, 0.15) is 5.82 Å². The Bertz CT molecular complexity index is 560. The molecule has 0 aliphatic rings. The molecule has 1 aromatic heterocycles. The minimum atomic E-state index is -3.62. The summed E-state index contributed by atoms with van der Waals surface area (Å²) in [6.45, 7) is 2.42. The SMILES string of the molecule is CCNc1ccc([N+](=O)[O-])c(NCCS(N)(=O)=O)n1. The Kier molecular flexibility index (Phi) is 5.01. The number of sulfonamides is 1. The van der Waals surface area contributed by atoms with Crippen LogP contribution in [0, 0.1) is 10.1 Å². The molecule has 0 aliphatic carbocycles. The molecule has 9 nitrogen and oxygen atoms in total. The Morgan fingerprint density at radius 2 is 2.11 bits per heavy atom. The van der Waals surface area contributed by atoms with Crippen molar-refractivity contribution in [2.75, 3.05) is 29.5 Å². The Labute approximate surface area is 110 Å². The summed E-state index contributed by atoms with van der Waals surface area (Å²) in [4.78, 5) is 14.2. The van der Waals surface area contributed by atoms with Crippen LogP contribution in [0.3, 0.4) is 0 Å². The minimum absolute atomic E-state index is 0.00657. The van der Waals surface area contributed by atoms with Crippen LogP contribution in [-0.2, 0) is 10.0 Å². The first kappa shape index (κ1) is 15.1. The predicted octanol–water partition coefficient (Wildman–Crippen LogP) is 0.122. The molecular formula is C9H15N5O4S. The molecule has 0 spiro atoms. The highest BCUT2D eigenvalue weighted by Gasteiger charge is 2.16. The van der Waals surface area contributed by atoms with Crippen LogP contribution >= 0.6 is 0 Å². The van der Waals surface area contributed by atoms with Gasteiger partial charge in [0.2, 0.25) is 15.8 Å². The smallest absolute Gasteiger partial charge is 0.311 e. The molecule has 1 aromatic rings. The average Bonchev–Trinajstić information content (AvgIpc) is 2.27. The van der Waals surface area contributed by atoms with Gasteiger partial charge < -0.3 is 10.6 Å². The number of nitro groups is 1. The number of nitrogens with two attached hydrogens (primary N) is 1. The van der Waals surface area contributed by atoms with E-state index in [2.05, 4.69) is 15.6 Å². The minimum Gasteiger partial charge on any atom is -0.370 e. The molecule has 0 atom stereocenters. The number of hydrogen-bond acceptors (Lipinski definition) is 7. The molecule has 1 heterocycles. The van der Waals surface area contributed by atoms with Gasteiger partial charge >= 0.3 is 5.69 Å². The van der Waals surface area contributed by atoms with Crippen molar-refractivity contribution in [3.8, 4) is 0 Å². The first-order chi connectivity index (χ1) is 8.83. The molecule has 4 N–H and O–H groups in total. The van der Waals surface area contributed by atoms with Gasteiger partial charge in [-0.15, -0.1) is 0 Å². The van der Waals surface area contributed by atoms with E-state index in [-0.39, 0.29) is 23.8 Å². The number of nitrogens with zero attached hydrogens (tertiary/aromatic N) is 2. The highest BCUT2D eigenvalue weighted by atomic mass is 32.2. The van der Waals surface area contributed by atoms with Crippen molar-refractivity contribution >= 4 is 27.3 Å². The van der Waals surface area contributed by atoms with Crippen LogP contribution in [0.25, 0.3) is 0 Å². The van der Waals surface area contributed by atoms with Gasteiger partial charge in [-0.1, -0.05) is 0 Å². The van der Waals surface area contributed by atoms with Gasteiger partial charge in [0.15, 0.2) is 0 Å². The van der Waals surface area contributed by atoms with Crippen LogP contribution in [0.4, 0.5) is 17.3 Å². The van der Waals surface area contributed by atoms with E-state index in [1.807, 2.05) is 6.92 Å². The maximum Gasteiger partial charge on any atom is 0.311 e. The van der Waals surface area contributed by atoms with E-state index < -0.39 is 14.9 Å². The Hall–Kier alpha value is -1.94. The van der Waals surface area contributed by atoms with Crippen LogP contribution in [-0.4, -0.2) is 37.2 Å². The van der Waals surface area contributed by atoms with Crippen molar-refractivity contribution in [3.63, 3.8) is 0 Å². The number of primary sulfonamides is 1. The highest BCUT2D eigenvalue weighted by molar-refractivity contribution is 7.89. The molecule has 1 rings (SSSR count). The molecule has 106 valence electrons. The Balaban J connectivity index is 2.88. The molecule has 0 bridgehead atoms. The molecule has 0 aliphatic heterocycles. The molecule has 0 amide bonds. The number of anilines is 2. The second-order valence-electron chi connectivity index (χ2n) is 3.65. The van der Waals surface area contributed by atoms with Crippen LogP contribution in [0.5, 0.6) is 0 Å². The first-order valence-corrected chi connectivity index (χ1v) is 7.18. The number of hydrogen-bond donors (Lipinski definition) is 3. The Morgan fingerprint density at radius 1 is 1.42 bits per heavy atom. The van der Waals surface area contributed by atoms with Crippen molar-refractivity contribution in [2.24, 2.45) is 5.14 Å². The first-order valence-electron chi connectivity index (χ1n) is 5.47. The standard InChI is InChI=1S/C9H15N5O4S/c1-2-11-8-4-3-7(14(15)16)9(13-8)12-5-6-19(10,17)18/h3-4H,2,5-6H2,1H3,(H2,10,17,18)(H2,11,12,13). The zero-order valence-electron chi connectivity index (χ0n) is 10.3. The average molecular weight is 289 g/mol. The topological polar surface area (TPSA) is 140 Å². The molecule has 0 saturated carbocycles. The van der Waals surface area contributed by atoms with Gasteiger partial charge in [0, 0.05) is 19.2 Å².